The highest BCUT2D eigenvalue weighted by atomic mass is 35.5. The molecule has 0 spiro atoms. The van der Waals surface area contributed by atoms with Gasteiger partial charge in [0.15, 0.2) is 0 Å². The van der Waals surface area contributed by atoms with E-state index in [0.29, 0.717) is 92.0 Å². The Morgan fingerprint density at radius 1 is 0.945 bits per heavy atom. The summed E-state index contributed by atoms with van der Waals surface area (Å²) in [5.41, 5.74) is 12.2. The molecule has 5 heterocycles. The van der Waals surface area contributed by atoms with E-state index in [-0.39, 0.29) is 42.4 Å². The van der Waals surface area contributed by atoms with Crippen molar-refractivity contribution in [2.45, 2.75) is 92.0 Å². The van der Waals surface area contributed by atoms with Gasteiger partial charge in [0.2, 0.25) is 17.7 Å². The van der Waals surface area contributed by atoms with Crippen molar-refractivity contribution in [3.05, 3.63) is 106 Å². The first-order valence-electron chi connectivity index (χ1n) is 24.6. The lowest BCUT2D eigenvalue weighted by atomic mass is 9.98. The van der Waals surface area contributed by atoms with Gasteiger partial charge in [-0.05, 0) is 114 Å². The molecule has 19 heteroatoms. The zero-order valence-electron chi connectivity index (χ0n) is 42.2. The molecule has 382 valence electrons. The minimum Gasteiger partial charge on any atom is -0.493 e. The molecule has 0 aliphatic carbocycles. The maximum atomic E-state index is 14.7. The van der Waals surface area contributed by atoms with Crippen LogP contribution in [0, 0.1) is 26.6 Å². The Morgan fingerprint density at radius 2 is 1.70 bits per heavy atom. The number of aromatic nitrogens is 5. The van der Waals surface area contributed by atoms with Gasteiger partial charge in [-0.15, -0.1) is 0 Å². The number of imidazole rings is 1. The summed E-state index contributed by atoms with van der Waals surface area (Å²) in [5.74, 6) is -1.29. The Balaban J connectivity index is 0.961. The Kier molecular flexibility index (Phi) is 14.1. The first-order valence-corrected chi connectivity index (χ1v) is 24.9. The number of benzene rings is 4. The van der Waals surface area contributed by atoms with Crippen LogP contribution >= 0.6 is 11.6 Å². The first kappa shape index (κ1) is 50.6. The number of piperidine rings is 1. The van der Waals surface area contributed by atoms with Gasteiger partial charge in [-0.1, -0.05) is 29.8 Å². The van der Waals surface area contributed by atoms with Crippen molar-refractivity contribution in [3.8, 4) is 16.9 Å². The molecule has 2 aliphatic rings. The average molecular weight is 1020 g/mol. The van der Waals surface area contributed by atoms with Crippen molar-refractivity contribution in [1.29, 1.82) is 0 Å². The molecule has 73 heavy (non-hydrogen) atoms. The number of imide groups is 1. The summed E-state index contributed by atoms with van der Waals surface area (Å²) < 4.78 is 32.2. The van der Waals surface area contributed by atoms with Crippen molar-refractivity contribution in [3.63, 3.8) is 0 Å². The molecule has 4 N–H and O–H groups in total. The second-order valence-corrected chi connectivity index (χ2v) is 20.3. The Morgan fingerprint density at radius 3 is 2.41 bits per heavy atom. The lowest BCUT2D eigenvalue weighted by Crippen LogP contribution is -2.52. The number of ether oxygens (including phenoxy) is 2. The van der Waals surface area contributed by atoms with Crippen LogP contribution in [0.5, 0.6) is 5.75 Å². The summed E-state index contributed by atoms with van der Waals surface area (Å²) >= 11 is 7.21. The second-order valence-electron chi connectivity index (χ2n) is 19.9. The predicted molar refractivity (Wildman–Crippen MR) is 277 cm³/mol. The Labute approximate surface area is 426 Å². The molecule has 4 amide bonds. The summed E-state index contributed by atoms with van der Waals surface area (Å²) in [5, 5.41) is 12.6. The van der Waals surface area contributed by atoms with E-state index in [1.807, 2.05) is 81.6 Å². The number of nitrogens with two attached hydrogens (primary N) is 1. The van der Waals surface area contributed by atoms with Crippen LogP contribution in [0.4, 0.5) is 10.1 Å². The number of amides is 4. The van der Waals surface area contributed by atoms with Crippen molar-refractivity contribution >= 4 is 79.6 Å². The maximum Gasteiger partial charge on any atom is 0.355 e. The minimum atomic E-state index is -0.886. The quantitative estimate of drug-likeness (QED) is 0.0431. The lowest BCUT2D eigenvalue weighted by molar-refractivity contribution is -0.135. The molecule has 0 radical (unpaired) electrons. The number of carbonyl (C=O) groups excluding carboxylic acids is 5. The van der Waals surface area contributed by atoms with Crippen molar-refractivity contribution in [2.24, 2.45) is 7.05 Å². The van der Waals surface area contributed by atoms with E-state index < -0.39 is 35.3 Å². The maximum absolute atomic E-state index is 14.7. The van der Waals surface area contributed by atoms with Crippen LogP contribution in [-0.2, 0) is 45.7 Å². The van der Waals surface area contributed by atoms with E-state index in [4.69, 9.17) is 31.9 Å². The van der Waals surface area contributed by atoms with Gasteiger partial charge in [0, 0.05) is 86.0 Å². The molecule has 9 rings (SSSR count). The molecule has 1 unspecified atom stereocenters. The minimum absolute atomic E-state index is 0.0406. The van der Waals surface area contributed by atoms with Crippen molar-refractivity contribution < 1.29 is 37.8 Å². The molecule has 7 aromatic rings. The zero-order valence-corrected chi connectivity index (χ0v) is 42.9. The highest BCUT2D eigenvalue weighted by Crippen LogP contribution is 2.43. The number of carbonyl (C=O) groups is 5. The highest BCUT2D eigenvalue weighted by molar-refractivity contribution is 6.35. The smallest absolute Gasteiger partial charge is 0.355 e. The first-order chi connectivity index (χ1) is 34.8. The number of aryl methyl sites for hydroxylation is 4. The molecule has 17 nitrogen and oxygen atoms in total. The normalized spacial score (nSPS) is 15.6. The Hall–Kier alpha value is -7.31. The third-order valence-corrected chi connectivity index (χ3v) is 14.1. The number of nitrogen functional groups attached to an aromatic ring is 1. The molecule has 2 saturated heterocycles. The lowest BCUT2D eigenvalue weighted by Gasteiger charge is -2.35. The molecule has 1 atom stereocenters. The summed E-state index contributed by atoms with van der Waals surface area (Å²) in [4.78, 5) is 75.1. The number of nitrogens with one attached hydrogen (secondary N) is 2. The van der Waals surface area contributed by atoms with Crippen LogP contribution in [0.1, 0.15) is 83.7 Å². The van der Waals surface area contributed by atoms with E-state index in [1.54, 1.807) is 23.6 Å². The number of halogens is 2. The Bertz CT molecular complexity index is 3360. The molecular weight excluding hydrogens is 955 g/mol. The van der Waals surface area contributed by atoms with E-state index in [2.05, 4.69) is 25.1 Å². The van der Waals surface area contributed by atoms with Gasteiger partial charge in [0.05, 0.1) is 33.9 Å². The third kappa shape index (κ3) is 10.4. The third-order valence-electron chi connectivity index (χ3n) is 13.8. The summed E-state index contributed by atoms with van der Waals surface area (Å²) in [6.45, 7) is 14.5. The van der Waals surface area contributed by atoms with Crippen LogP contribution in [0.2, 0.25) is 5.02 Å². The zero-order chi connectivity index (χ0) is 52.0. The molecule has 0 bridgehead atoms. The van der Waals surface area contributed by atoms with Gasteiger partial charge in [0.1, 0.15) is 46.8 Å². The molecular formula is C54H60ClFN10O7. The van der Waals surface area contributed by atoms with E-state index in [1.165, 1.54) is 18.2 Å². The highest BCUT2D eigenvalue weighted by Gasteiger charge is 2.33. The summed E-state index contributed by atoms with van der Waals surface area (Å²) in [7, 11) is 1.90. The van der Waals surface area contributed by atoms with E-state index in [0.717, 1.165) is 49.8 Å². The number of esters is 1. The molecule has 4 aromatic carbocycles. The number of nitrogens with zero attached hydrogens (tertiary/aromatic N) is 7. The predicted octanol–water partition coefficient (Wildman–Crippen LogP) is 7.19. The molecule has 0 saturated carbocycles. The van der Waals surface area contributed by atoms with E-state index in [9.17, 15) is 28.4 Å². The standard InChI is InChI=1S/C54H60ClFN10O7/c1-30-46(31(2)62(7)61-30)47-40(55)16-15-38-37(11-9-25-72-43-12-8-10-33-26-34(56)13-14-36(33)43)50(53(71)73-54(4,5)6)65(49(38)47)24-21-63-19-22-64(23-20-63)45(68)29-66-32(3)58-48-39(27-35(57)28-42(48)66)51(69)59-41-17-18-44(67)60-52(41)70/h8,10,12-16,26-28,41H,9,11,17-25,29,57H2,1-7H3,(H,59,69)(H,60,67,70). The second kappa shape index (κ2) is 20.3. The van der Waals surface area contributed by atoms with Crippen molar-refractivity contribution in [1.82, 2.24) is 44.3 Å². The topological polar surface area (TPSA) is 201 Å². The van der Waals surface area contributed by atoms with Crippen LogP contribution in [0.15, 0.2) is 60.7 Å². The van der Waals surface area contributed by atoms with Crippen LogP contribution in [0.3, 0.4) is 0 Å². The van der Waals surface area contributed by atoms with Gasteiger partial charge in [-0.3, -0.25) is 34.1 Å². The van der Waals surface area contributed by atoms with Gasteiger partial charge in [0.25, 0.3) is 5.91 Å². The number of hydrogen-bond acceptors (Lipinski definition) is 11. The number of piperazine rings is 1. The van der Waals surface area contributed by atoms with Gasteiger partial charge < -0.3 is 34.6 Å². The van der Waals surface area contributed by atoms with Crippen molar-refractivity contribution in [2.75, 3.05) is 45.1 Å². The number of rotatable bonds is 14. The van der Waals surface area contributed by atoms with Gasteiger partial charge in [-0.2, -0.15) is 5.10 Å². The molecule has 3 aromatic heterocycles. The largest absolute Gasteiger partial charge is 0.493 e. The number of fused-ring (bicyclic) bond motifs is 3. The monoisotopic (exact) mass is 1010 g/mol. The summed E-state index contributed by atoms with van der Waals surface area (Å²) in [6, 6.07) is 16.3. The number of anilines is 1. The average Bonchev–Trinajstić information content (AvgIpc) is 3.92. The molecule has 2 aliphatic heterocycles. The van der Waals surface area contributed by atoms with Gasteiger partial charge >= 0.3 is 5.97 Å². The molecule has 2 fully saturated rings. The fourth-order valence-electron chi connectivity index (χ4n) is 10.2. The fourth-order valence-corrected chi connectivity index (χ4v) is 10.4. The van der Waals surface area contributed by atoms with Crippen LogP contribution in [-0.4, -0.2) is 114 Å². The van der Waals surface area contributed by atoms with E-state index >= 15 is 0 Å². The fraction of sp³-hybridized carbons (Fsp3) is 0.389. The number of hydrogen-bond donors (Lipinski definition) is 3. The van der Waals surface area contributed by atoms with Crippen LogP contribution in [0.25, 0.3) is 43.8 Å². The summed E-state index contributed by atoms with van der Waals surface area (Å²) in [6.07, 6.45) is 1.30. The van der Waals surface area contributed by atoms with Crippen LogP contribution < -0.4 is 21.1 Å². The van der Waals surface area contributed by atoms with Gasteiger partial charge in [-0.25, -0.2) is 14.2 Å². The SMILES string of the molecule is Cc1nn(C)c(C)c1-c1c(Cl)ccc2c(CCCOc3cccc4cc(F)ccc34)c(C(=O)OC(C)(C)C)n(CCN3CCN(C(=O)Cn4c(C)nc5c(C(=O)NC6CCC(=O)NC6=O)cc(N)cc54)CC3)c12.